The highest BCUT2D eigenvalue weighted by atomic mass is 16.6. The molecule has 186 valence electrons. The Morgan fingerprint density at radius 1 is 1.21 bits per heavy atom. The molecule has 3 rings (SSSR count). The third-order valence-corrected chi connectivity index (χ3v) is 6.72. The van der Waals surface area contributed by atoms with Crippen molar-refractivity contribution in [3.8, 4) is 0 Å². The molecule has 0 spiro atoms. The van der Waals surface area contributed by atoms with E-state index in [9.17, 15) is 19.2 Å². The van der Waals surface area contributed by atoms with E-state index < -0.39 is 35.5 Å². The highest BCUT2D eigenvalue weighted by Gasteiger charge is 2.52. The molecule has 2 aliphatic heterocycles. The minimum Gasteiger partial charge on any atom is -0.467 e. The van der Waals surface area contributed by atoms with E-state index in [0.29, 0.717) is 25.8 Å². The second-order valence-electron chi connectivity index (χ2n) is 9.23. The fourth-order valence-electron chi connectivity index (χ4n) is 4.93. The molecule has 2 N–H and O–H groups in total. The quantitative estimate of drug-likeness (QED) is 0.547. The standard InChI is InChI=1S/C25H35N3O6/c1-16-8-10-19(11-9-16)15-25(12-6-14-28(25)22(30)20-7-5-13-26-20)24(32)27-21(23(31)33-4)17(2)34-18(3)29/h8-11,17,20-21,26H,5-7,12-15H2,1-4H3,(H,27,32)/t17-,20+,21+,25?/m1/s1. The molecule has 2 aliphatic rings. The van der Waals surface area contributed by atoms with Crippen LogP contribution in [0, 0.1) is 6.92 Å². The zero-order valence-corrected chi connectivity index (χ0v) is 20.4. The zero-order valence-electron chi connectivity index (χ0n) is 20.4. The lowest BCUT2D eigenvalue weighted by molar-refractivity contribution is -0.158. The maximum Gasteiger partial charge on any atom is 0.332 e. The molecule has 0 radical (unpaired) electrons. The van der Waals surface area contributed by atoms with Gasteiger partial charge in [-0.2, -0.15) is 0 Å². The molecule has 2 amide bonds. The van der Waals surface area contributed by atoms with Gasteiger partial charge >= 0.3 is 11.9 Å². The number of benzene rings is 1. The number of hydrogen-bond donors (Lipinski definition) is 2. The summed E-state index contributed by atoms with van der Waals surface area (Å²) in [4.78, 5) is 53.1. The Hall–Kier alpha value is -2.94. The number of aryl methyl sites for hydroxylation is 1. The summed E-state index contributed by atoms with van der Waals surface area (Å²) in [5.74, 6) is -1.85. The predicted octanol–water partition coefficient (Wildman–Crippen LogP) is 1.26. The van der Waals surface area contributed by atoms with Gasteiger partial charge in [-0.3, -0.25) is 14.4 Å². The van der Waals surface area contributed by atoms with Crippen molar-refractivity contribution in [1.29, 1.82) is 0 Å². The van der Waals surface area contributed by atoms with Gasteiger partial charge in [-0.1, -0.05) is 29.8 Å². The van der Waals surface area contributed by atoms with Crippen LogP contribution in [-0.2, 0) is 35.1 Å². The van der Waals surface area contributed by atoms with Gasteiger partial charge in [0.05, 0.1) is 13.2 Å². The van der Waals surface area contributed by atoms with E-state index in [0.717, 1.165) is 30.5 Å². The Balaban J connectivity index is 1.95. The largest absolute Gasteiger partial charge is 0.467 e. The normalized spacial score (nSPS) is 23.8. The van der Waals surface area contributed by atoms with Gasteiger partial charge in [-0.15, -0.1) is 0 Å². The number of carbonyl (C=O) groups is 4. The van der Waals surface area contributed by atoms with Gasteiger partial charge in [-0.25, -0.2) is 4.79 Å². The van der Waals surface area contributed by atoms with Crippen molar-refractivity contribution in [2.24, 2.45) is 0 Å². The summed E-state index contributed by atoms with van der Waals surface area (Å²) in [7, 11) is 1.21. The summed E-state index contributed by atoms with van der Waals surface area (Å²) in [5.41, 5.74) is 0.846. The number of methoxy groups -OCH3 is 1. The van der Waals surface area contributed by atoms with Crippen molar-refractivity contribution < 1.29 is 28.7 Å². The Morgan fingerprint density at radius 3 is 2.50 bits per heavy atom. The van der Waals surface area contributed by atoms with Crippen LogP contribution in [0.3, 0.4) is 0 Å². The number of amides is 2. The summed E-state index contributed by atoms with van der Waals surface area (Å²) in [6.45, 7) is 5.97. The number of likely N-dealkylation sites (tertiary alicyclic amines) is 1. The molecule has 2 heterocycles. The first kappa shape index (κ1) is 25.7. The molecule has 2 fully saturated rings. The maximum atomic E-state index is 13.9. The third-order valence-electron chi connectivity index (χ3n) is 6.72. The highest BCUT2D eigenvalue weighted by molar-refractivity contribution is 5.96. The number of ether oxygens (including phenoxy) is 2. The van der Waals surface area contributed by atoms with Gasteiger partial charge in [0.25, 0.3) is 0 Å². The summed E-state index contributed by atoms with van der Waals surface area (Å²) in [5, 5.41) is 5.99. The van der Waals surface area contributed by atoms with Gasteiger partial charge in [0.2, 0.25) is 11.8 Å². The second-order valence-corrected chi connectivity index (χ2v) is 9.23. The van der Waals surface area contributed by atoms with Crippen LogP contribution in [0.5, 0.6) is 0 Å². The monoisotopic (exact) mass is 473 g/mol. The van der Waals surface area contributed by atoms with Crippen LogP contribution >= 0.6 is 0 Å². The Labute approximate surface area is 200 Å². The molecule has 0 saturated carbocycles. The van der Waals surface area contributed by atoms with Crippen molar-refractivity contribution in [1.82, 2.24) is 15.5 Å². The predicted molar refractivity (Wildman–Crippen MR) is 125 cm³/mol. The van der Waals surface area contributed by atoms with E-state index in [1.54, 1.807) is 4.90 Å². The second kappa shape index (κ2) is 11.0. The Kier molecular flexibility index (Phi) is 8.30. The van der Waals surface area contributed by atoms with E-state index in [2.05, 4.69) is 10.6 Å². The van der Waals surface area contributed by atoms with Crippen molar-refractivity contribution in [2.45, 2.75) is 76.6 Å². The summed E-state index contributed by atoms with van der Waals surface area (Å²) < 4.78 is 10.0. The van der Waals surface area contributed by atoms with E-state index in [1.807, 2.05) is 31.2 Å². The lowest BCUT2D eigenvalue weighted by Crippen LogP contribution is -2.64. The zero-order chi connectivity index (χ0) is 24.9. The topological polar surface area (TPSA) is 114 Å². The number of rotatable bonds is 8. The van der Waals surface area contributed by atoms with E-state index >= 15 is 0 Å². The highest BCUT2D eigenvalue weighted by Crippen LogP contribution is 2.35. The molecule has 4 atom stereocenters. The summed E-state index contributed by atoms with van der Waals surface area (Å²) in [6.07, 6.45) is 2.14. The molecule has 0 bridgehead atoms. The first-order valence-electron chi connectivity index (χ1n) is 11.8. The van der Waals surface area contributed by atoms with Crippen LogP contribution in [0.2, 0.25) is 0 Å². The molecule has 1 aromatic rings. The van der Waals surface area contributed by atoms with Gasteiger partial charge in [-0.05, 0) is 51.6 Å². The van der Waals surface area contributed by atoms with E-state index in [1.165, 1.54) is 21.0 Å². The smallest absolute Gasteiger partial charge is 0.332 e. The van der Waals surface area contributed by atoms with Crippen molar-refractivity contribution in [3.63, 3.8) is 0 Å². The van der Waals surface area contributed by atoms with E-state index in [4.69, 9.17) is 9.47 Å². The van der Waals surface area contributed by atoms with Gasteiger partial charge in [0.1, 0.15) is 11.6 Å². The third kappa shape index (κ3) is 5.58. The number of hydrogen-bond acceptors (Lipinski definition) is 7. The fraction of sp³-hybridized carbons (Fsp3) is 0.600. The van der Waals surface area contributed by atoms with Crippen LogP contribution < -0.4 is 10.6 Å². The molecule has 2 saturated heterocycles. The van der Waals surface area contributed by atoms with Gasteiger partial charge in [0.15, 0.2) is 6.04 Å². The van der Waals surface area contributed by atoms with Crippen molar-refractivity contribution in [3.05, 3.63) is 35.4 Å². The maximum absolute atomic E-state index is 13.9. The minimum atomic E-state index is -1.20. The van der Waals surface area contributed by atoms with Crippen LogP contribution in [0.15, 0.2) is 24.3 Å². The molecule has 34 heavy (non-hydrogen) atoms. The molecule has 1 unspecified atom stereocenters. The van der Waals surface area contributed by atoms with Crippen LogP contribution in [0.25, 0.3) is 0 Å². The molecular weight excluding hydrogens is 438 g/mol. The minimum absolute atomic E-state index is 0.0973. The average molecular weight is 474 g/mol. The van der Waals surface area contributed by atoms with Crippen LogP contribution in [-0.4, -0.2) is 72.6 Å². The molecule has 9 heteroatoms. The molecule has 0 aromatic heterocycles. The fourth-order valence-corrected chi connectivity index (χ4v) is 4.93. The number of nitrogens with one attached hydrogen (secondary N) is 2. The molecular formula is C25H35N3O6. The van der Waals surface area contributed by atoms with Gasteiger partial charge < -0.3 is 25.0 Å². The average Bonchev–Trinajstić information content (AvgIpc) is 3.48. The summed E-state index contributed by atoms with van der Waals surface area (Å²) >= 11 is 0. The first-order valence-corrected chi connectivity index (χ1v) is 11.8. The first-order chi connectivity index (χ1) is 16.2. The van der Waals surface area contributed by atoms with Gasteiger partial charge in [0, 0.05) is 19.9 Å². The number of esters is 2. The number of nitrogens with zero attached hydrogens (tertiary/aromatic N) is 1. The number of carbonyl (C=O) groups excluding carboxylic acids is 4. The summed E-state index contributed by atoms with van der Waals surface area (Å²) in [6, 6.07) is 6.34. The van der Waals surface area contributed by atoms with Crippen molar-refractivity contribution in [2.75, 3.05) is 20.2 Å². The molecule has 1 aromatic carbocycles. The van der Waals surface area contributed by atoms with Crippen molar-refractivity contribution >= 4 is 23.8 Å². The SMILES string of the molecule is COC(=O)[C@@H](NC(=O)C1(Cc2ccc(C)cc2)CCCN1C(=O)[C@@H]1CCCN1)[C@@H](C)OC(C)=O. The van der Waals surface area contributed by atoms with Crippen LogP contribution in [0.4, 0.5) is 0 Å². The Morgan fingerprint density at radius 2 is 1.91 bits per heavy atom. The van der Waals surface area contributed by atoms with Crippen LogP contribution in [0.1, 0.15) is 50.7 Å². The van der Waals surface area contributed by atoms with E-state index in [-0.39, 0.29) is 11.9 Å². The lowest BCUT2D eigenvalue weighted by Gasteiger charge is -2.40. The molecule has 0 aliphatic carbocycles. The molecule has 9 nitrogen and oxygen atoms in total. The Bertz CT molecular complexity index is 912. The lowest BCUT2D eigenvalue weighted by atomic mass is 9.85.